The number of benzene rings is 9. The van der Waals surface area contributed by atoms with E-state index in [1.54, 1.807) is 0 Å². The predicted molar refractivity (Wildman–Crippen MR) is 245 cm³/mol. The Kier molecular flexibility index (Phi) is 8.04. The van der Waals surface area contributed by atoms with Crippen LogP contribution in [0.4, 0.5) is 0 Å². The van der Waals surface area contributed by atoms with Gasteiger partial charge in [-0.1, -0.05) is 194 Å². The molecule has 4 nitrogen and oxygen atoms in total. The third-order valence-electron chi connectivity index (χ3n) is 12.2. The fourth-order valence-corrected chi connectivity index (χ4v) is 9.44. The van der Waals surface area contributed by atoms with E-state index in [0.29, 0.717) is 23.1 Å². The molecule has 0 bridgehead atoms. The molecule has 1 aliphatic heterocycles. The molecule has 4 heteroatoms. The summed E-state index contributed by atoms with van der Waals surface area (Å²) < 4.78 is 13.9. The number of ether oxygens (including phenoxy) is 2. The standard InChI is InChI=1S/C57H36N2O2/c1-4-16-40(17-5-1)56-58-49(36-50(59-56)42-32-27-37-15-10-11-18-41(37)35-42)39-30-28-38(29-31-39)45-24-14-26-51-54(45)61-55-52(60-51)34-33-48-53(55)46-23-12-13-25-47(46)57(48,43-19-6-2-7-20-43)44-21-8-3-9-22-44/h1-36H. The second-order valence-corrected chi connectivity index (χ2v) is 15.6. The van der Waals surface area contributed by atoms with Crippen LogP contribution in [0.15, 0.2) is 218 Å². The first-order valence-electron chi connectivity index (χ1n) is 20.6. The monoisotopic (exact) mass is 780 g/mol. The quantitative estimate of drug-likeness (QED) is 0.169. The van der Waals surface area contributed by atoms with E-state index < -0.39 is 5.41 Å². The lowest BCUT2D eigenvalue weighted by Crippen LogP contribution is -2.28. The van der Waals surface area contributed by atoms with Gasteiger partial charge in [-0.25, -0.2) is 9.97 Å². The molecule has 0 saturated heterocycles. The van der Waals surface area contributed by atoms with Gasteiger partial charge in [-0.3, -0.25) is 0 Å². The number of nitrogens with zero attached hydrogens (tertiary/aromatic N) is 2. The zero-order valence-corrected chi connectivity index (χ0v) is 33.0. The van der Waals surface area contributed by atoms with Gasteiger partial charge in [0.25, 0.3) is 0 Å². The lowest BCUT2D eigenvalue weighted by atomic mass is 9.68. The predicted octanol–water partition coefficient (Wildman–Crippen LogP) is 14.6. The van der Waals surface area contributed by atoms with Crippen LogP contribution >= 0.6 is 0 Å². The largest absolute Gasteiger partial charge is 0.449 e. The molecule has 0 spiro atoms. The van der Waals surface area contributed by atoms with Crippen LogP contribution in [0, 0.1) is 0 Å². The highest BCUT2D eigenvalue weighted by molar-refractivity contribution is 5.93. The summed E-state index contributed by atoms with van der Waals surface area (Å²) in [7, 11) is 0. The van der Waals surface area contributed by atoms with Gasteiger partial charge in [-0.2, -0.15) is 0 Å². The summed E-state index contributed by atoms with van der Waals surface area (Å²) in [4.78, 5) is 10.2. The third kappa shape index (κ3) is 5.61. The van der Waals surface area contributed by atoms with Crippen molar-refractivity contribution in [3.63, 3.8) is 0 Å². The van der Waals surface area contributed by atoms with Crippen molar-refractivity contribution in [2.45, 2.75) is 5.41 Å². The highest BCUT2D eigenvalue weighted by atomic mass is 16.6. The summed E-state index contributed by atoms with van der Waals surface area (Å²) in [5.41, 5.74) is 13.1. The maximum atomic E-state index is 7.16. The molecule has 0 unspecified atom stereocenters. The highest BCUT2D eigenvalue weighted by Gasteiger charge is 2.48. The molecule has 0 atom stereocenters. The zero-order chi connectivity index (χ0) is 40.3. The number of para-hydroxylation sites is 1. The Bertz CT molecular complexity index is 3250. The highest BCUT2D eigenvalue weighted by Crippen LogP contribution is 2.62. The first-order chi connectivity index (χ1) is 30.2. The van der Waals surface area contributed by atoms with Crippen LogP contribution < -0.4 is 9.47 Å². The van der Waals surface area contributed by atoms with Gasteiger partial charge in [0.15, 0.2) is 28.8 Å². The van der Waals surface area contributed by atoms with E-state index in [-0.39, 0.29) is 0 Å². The maximum absolute atomic E-state index is 7.16. The molecule has 2 aliphatic rings. The second-order valence-electron chi connectivity index (χ2n) is 15.6. The average Bonchev–Trinajstić information content (AvgIpc) is 3.65. The van der Waals surface area contributed by atoms with E-state index in [4.69, 9.17) is 19.4 Å². The number of aromatic nitrogens is 2. The summed E-state index contributed by atoms with van der Waals surface area (Å²) in [5, 5.41) is 2.37. The van der Waals surface area contributed by atoms with Crippen molar-refractivity contribution in [2.24, 2.45) is 0 Å². The van der Waals surface area contributed by atoms with E-state index >= 15 is 0 Å². The smallest absolute Gasteiger partial charge is 0.178 e. The fraction of sp³-hybridized carbons (Fsp3) is 0.0175. The van der Waals surface area contributed by atoms with Gasteiger partial charge < -0.3 is 9.47 Å². The Hall–Kier alpha value is -8.08. The van der Waals surface area contributed by atoms with Gasteiger partial charge in [0.2, 0.25) is 0 Å². The SMILES string of the molecule is c1ccc(-c2nc(-c3ccc(-c4cccc5c4Oc4c(ccc6c4-c4ccccc4C6(c4ccccc4)c4ccccc4)O5)cc3)cc(-c3ccc4ccccc4c3)n2)cc1. The average molecular weight is 781 g/mol. The van der Waals surface area contributed by atoms with Gasteiger partial charge in [0.1, 0.15) is 0 Å². The minimum Gasteiger partial charge on any atom is -0.449 e. The van der Waals surface area contributed by atoms with Gasteiger partial charge in [-0.05, 0) is 68.4 Å². The van der Waals surface area contributed by atoms with E-state index in [1.807, 2.05) is 30.3 Å². The van der Waals surface area contributed by atoms with Crippen molar-refractivity contribution in [3.8, 4) is 79.2 Å². The topological polar surface area (TPSA) is 44.2 Å². The Balaban J connectivity index is 0.956. The molecular formula is C57H36N2O2. The van der Waals surface area contributed by atoms with Crippen LogP contribution in [0.2, 0.25) is 0 Å². The van der Waals surface area contributed by atoms with Gasteiger partial charge >= 0.3 is 0 Å². The van der Waals surface area contributed by atoms with Gasteiger partial charge in [-0.15, -0.1) is 0 Å². The van der Waals surface area contributed by atoms with Crippen LogP contribution in [0.25, 0.3) is 66.9 Å². The molecule has 61 heavy (non-hydrogen) atoms. The number of rotatable bonds is 6. The summed E-state index contributed by atoms with van der Waals surface area (Å²) in [6.07, 6.45) is 0. The first kappa shape index (κ1) is 34.9. The Morgan fingerprint density at radius 2 is 0.934 bits per heavy atom. The molecule has 0 saturated carbocycles. The summed E-state index contributed by atoms with van der Waals surface area (Å²) >= 11 is 0. The fourth-order valence-electron chi connectivity index (χ4n) is 9.44. The lowest BCUT2D eigenvalue weighted by Gasteiger charge is -2.34. The molecule has 2 heterocycles. The molecule has 286 valence electrons. The molecule has 0 fully saturated rings. The molecule has 10 aromatic rings. The maximum Gasteiger partial charge on any atom is 0.178 e. The molecule has 0 radical (unpaired) electrons. The molecule has 1 aromatic heterocycles. The normalized spacial score (nSPS) is 13.0. The Morgan fingerprint density at radius 1 is 0.344 bits per heavy atom. The Morgan fingerprint density at radius 3 is 1.69 bits per heavy atom. The van der Waals surface area contributed by atoms with Crippen LogP contribution in [0.1, 0.15) is 22.3 Å². The van der Waals surface area contributed by atoms with Crippen LogP contribution in [0.5, 0.6) is 23.0 Å². The number of hydrogen-bond acceptors (Lipinski definition) is 4. The van der Waals surface area contributed by atoms with E-state index in [2.05, 4.69) is 188 Å². The lowest BCUT2D eigenvalue weighted by molar-refractivity contribution is 0.361. The summed E-state index contributed by atoms with van der Waals surface area (Å²) in [5.74, 6) is 3.49. The van der Waals surface area contributed by atoms with E-state index in [0.717, 1.165) is 56.1 Å². The third-order valence-corrected chi connectivity index (χ3v) is 12.2. The number of fused-ring (bicyclic) bond motifs is 7. The molecule has 0 N–H and O–H groups in total. The second kappa shape index (κ2) is 14.0. The summed E-state index contributed by atoms with van der Waals surface area (Å²) in [6, 6.07) is 76.5. The van der Waals surface area contributed by atoms with Crippen molar-refractivity contribution in [1.82, 2.24) is 9.97 Å². The summed E-state index contributed by atoms with van der Waals surface area (Å²) in [6.45, 7) is 0. The van der Waals surface area contributed by atoms with E-state index in [9.17, 15) is 0 Å². The zero-order valence-electron chi connectivity index (χ0n) is 33.0. The molecule has 0 amide bonds. The van der Waals surface area contributed by atoms with Crippen LogP contribution in [-0.2, 0) is 5.41 Å². The molecular weight excluding hydrogens is 745 g/mol. The van der Waals surface area contributed by atoms with Crippen molar-refractivity contribution in [1.29, 1.82) is 0 Å². The minimum atomic E-state index is -0.544. The van der Waals surface area contributed by atoms with Crippen LogP contribution in [0.3, 0.4) is 0 Å². The molecule has 12 rings (SSSR count). The van der Waals surface area contributed by atoms with Crippen molar-refractivity contribution in [3.05, 3.63) is 241 Å². The minimum absolute atomic E-state index is 0.544. The van der Waals surface area contributed by atoms with Crippen molar-refractivity contribution in [2.75, 3.05) is 0 Å². The van der Waals surface area contributed by atoms with Crippen LogP contribution in [-0.4, -0.2) is 9.97 Å². The number of hydrogen-bond donors (Lipinski definition) is 0. The van der Waals surface area contributed by atoms with E-state index in [1.165, 1.54) is 33.0 Å². The molecule has 9 aromatic carbocycles. The van der Waals surface area contributed by atoms with Gasteiger partial charge in [0, 0.05) is 27.8 Å². The van der Waals surface area contributed by atoms with Crippen molar-refractivity contribution < 1.29 is 9.47 Å². The first-order valence-corrected chi connectivity index (χ1v) is 20.6. The van der Waals surface area contributed by atoms with Gasteiger partial charge in [0.05, 0.1) is 16.8 Å². The van der Waals surface area contributed by atoms with Crippen molar-refractivity contribution >= 4 is 10.8 Å². The Labute approximate surface area is 354 Å². The molecule has 1 aliphatic carbocycles.